The van der Waals surface area contributed by atoms with E-state index in [0.29, 0.717) is 21.8 Å². The van der Waals surface area contributed by atoms with Gasteiger partial charge < -0.3 is 5.73 Å². The summed E-state index contributed by atoms with van der Waals surface area (Å²) in [4.78, 5) is 10.2. The number of nitro benzene ring substituents is 1. The molecule has 2 aromatic rings. The monoisotopic (exact) mass is 248 g/mol. The third kappa shape index (κ3) is 2.37. The fraction of sp³-hybridized carbons (Fsp3) is 0. The SMILES string of the molecule is Nc1ccc(Cl)cc1-c1cccc([N+](=O)[O-])c1. The second-order valence-electron chi connectivity index (χ2n) is 3.54. The highest BCUT2D eigenvalue weighted by Crippen LogP contribution is 2.30. The fourth-order valence-corrected chi connectivity index (χ4v) is 1.74. The number of nitrogen functional groups attached to an aromatic ring is 1. The van der Waals surface area contributed by atoms with Crippen LogP contribution in [-0.2, 0) is 0 Å². The number of non-ortho nitro benzene ring substituents is 1. The second-order valence-corrected chi connectivity index (χ2v) is 3.98. The predicted octanol–water partition coefficient (Wildman–Crippen LogP) is 3.50. The average Bonchev–Trinajstić information content (AvgIpc) is 2.32. The van der Waals surface area contributed by atoms with Gasteiger partial charge in [0.15, 0.2) is 0 Å². The van der Waals surface area contributed by atoms with Gasteiger partial charge in [-0.1, -0.05) is 23.7 Å². The van der Waals surface area contributed by atoms with Crippen LogP contribution in [0.2, 0.25) is 5.02 Å². The third-order valence-corrected chi connectivity index (χ3v) is 2.62. The fourth-order valence-electron chi connectivity index (χ4n) is 1.57. The Bertz CT molecular complexity index is 584. The lowest BCUT2D eigenvalue weighted by atomic mass is 10.0. The molecule has 2 aromatic carbocycles. The summed E-state index contributed by atoms with van der Waals surface area (Å²) in [5.41, 5.74) is 7.76. The maximum absolute atomic E-state index is 10.7. The average molecular weight is 249 g/mol. The van der Waals surface area contributed by atoms with Crippen molar-refractivity contribution in [1.82, 2.24) is 0 Å². The highest BCUT2D eigenvalue weighted by molar-refractivity contribution is 6.31. The Balaban J connectivity index is 2.56. The van der Waals surface area contributed by atoms with Gasteiger partial charge in [-0.25, -0.2) is 0 Å². The minimum absolute atomic E-state index is 0.0295. The summed E-state index contributed by atoms with van der Waals surface area (Å²) in [6, 6.07) is 11.3. The highest BCUT2D eigenvalue weighted by atomic mass is 35.5. The first kappa shape index (κ1) is 11.4. The van der Waals surface area contributed by atoms with Crippen LogP contribution < -0.4 is 5.73 Å². The molecular formula is C12H9ClN2O2. The largest absolute Gasteiger partial charge is 0.398 e. The first-order valence-electron chi connectivity index (χ1n) is 4.88. The molecule has 17 heavy (non-hydrogen) atoms. The number of halogens is 1. The minimum Gasteiger partial charge on any atom is -0.398 e. The first-order chi connectivity index (χ1) is 8.08. The van der Waals surface area contributed by atoms with Gasteiger partial charge in [0.1, 0.15) is 0 Å². The zero-order valence-electron chi connectivity index (χ0n) is 8.76. The number of nitrogens with zero attached hydrogens (tertiary/aromatic N) is 1. The van der Waals surface area contributed by atoms with Crippen molar-refractivity contribution in [2.45, 2.75) is 0 Å². The smallest absolute Gasteiger partial charge is 0.270 e. The summed E-state index contributed by atoms with van der Waals surface area (Å²) in [5, 5.41) is 11.2. The lowest BCUT2D eigenvalue weighted by Crippen LogP contribution is -1.92. The molecule has 0 heterocycles. The first-order valence-corrected chi connectivity index (χ1v) is 5.25. The van der Waals surface area contributed by atoms with Crippen LogP contribution in [-0.4, -0.2) is 4.92 Å². The lowest BCUT2D eigenvalue weighted by Gasteiger charge is -2.06. The van der Waals surface area contributed by atoms with Crippen molar-refractivity contribution in [1.29, 1.82) is 0 Å². The van der Waals surface area contributed by atoms with E-state index >= 15 is 0 Å². The lowest BCUT2D eigenvalue weighted by molar-refractivity contribution is -0.384. The van der Waals surface area contributed by atoms with E-state index in [2.05, 4.69) is 0 Å². The highest BCUT2D eigenvalue weighted by Gasteiger charge is 2.09. The molecule has 0 aromatic heterocycles. The molecule has 5 heteroatoms. The van der Waals surface area contributed by atoms with Gasteiger partial charge in [0.25, 0.3) is 5.69 Å². The summed E-state index contributed by atoms with van der Waals surface area (Å²) in [7, 11) is 0. The van der Waals surface area contributed by atoms with Crippen molar-refractivity contribution in [3.05, 3.63) is 57.6 Å². The number of benzene rings is 2. The molecule has 0 saturated carbocycles. The summed E-state index contributed by atoms with van der Waals surface area (Å²) in [6.45, 7) is 0. The van der Waals surface area contributed by atoms with Crippen LogP contribution in [0.5, 0.6) is 0 Å². The van der Waals surface area contributed by atoms with Crippen LogP contribution in [0.15, 0.2) is 42.5 Å². The molecule has 2 N–H and O–H groups in total. The van der Waals surface area contributed by atoms with Crippen LogP contribution in [0, 0.1) is 10.1 Å². The Morgan fingerprint density at radius 2 is 1.94 bits per heavy atom. The Kier molecular flexibility index (Phi) is 2.97. The maximum atomic E-state index is 10.7. The number of hydrogen-bond acceptors (Lipinski definition) is 3. The van der Waals surface area contributed by atoms with Crippen molar-refractivity contribution < 1.29 is 4.92 Å². The number of nitro groups is 1. The molecule has 0 spiro atoms. The second kappa shape index (κ2) is 4.43. The van der Waals surface area contributed by atoms with E-state index in [4.69, 9.17) is 17.3 Å². The Hall–Kier alpha value is -2.07. The van der Waals surface area contributed by atoms with Gasteiger partial charge in [-0.05, 0) is 23.8 Å². The number of rotatable bonds is 2. The van der Waals surface area contributed by atoms with Crippen molar-refractivity contribution in [2.24, 2.45) is 0 Å². The zero-order chi connectivity index (χ0) is 12.4. The standard InChI is InChI=1S/C12H9ClN2O2/c13-9-4-5-12(14)11(7-9)8-2-1-3-10(6-8)15(16)17/h1-7H,14H2. The molecule has 0 fully saturated rings. The van der Waals surface area contributed by atoms with E-state index in [1.165, 1.54) is 12.1 Å². The summed E-state index contributed by atoms with van der Waals surface area (Å²) >= 11 is 5.88. The van der Waals surface area contributed by atoms with Gasteiger partial charge in [-0.15, -0.1) is 0 Å². The van der Waals surface area contributed by atoms with Gasteiger partial charge in [-0.2, -0.15) is 0 Å². The number of hydrogen-bond donors (Lipinski definition) is 1. The molecule has 0 aliphatic rings. The summed E-state index contributed by atoms with van der Waals surface area (Å²) < 4.78 is 0. The topological polar surface area (TPSA) is 69.2 Å². The Morgan fingerprint density at radius 3 is 2.65 bits per heavy atom. The van der Waals surface area contributed by atoms with Crippen molar-refractivity contribution in [2.75, 3.05) is 5.73 Å². The molecule has 0 saturated heterocycles. The summed E-state index contributed by atoms with van der Waals surface area (Å²) in [5.74, 6) is 0. The van der Waals surface area contributed by atoms with Gasteiger partial charge in [0, 0.05) is 28.4 Å². The molecule has 0 bridgehead atoms. The Morgan fingerprint density at radius 1 is 1.18 bits per heavy atom. The van der Waals surface area contributed by atoms with E-state index in [1.807, 2.05) is 0 Å². The molecule has 0 amide bonds. The van der Waals surface area contributed by atoms with Crippen LogP contribution in [0.3, 0.4) is 0 Å². The predicted molar refractivity (Wildman–Crippen MR) is 68.0 cm³/mol. The van der Waals surface area contributed by atoms with Crippen molar-refractivity contribution in [3.8, 4) is 11.1 Å². The summed E-state index contributed by atoms with van der Waals surface area (Å²) in [6.07, 6.45) is 0. The van der Waals surface area contributed by atoms with E-state index < -0.39 is 4.92 Å². The Labute approximate surface area is 103 Å². The van der Waals surface area contributed by atoms with Gasteiger partial charge in [0.2, 0.25) is 0 Å². The molecule has 0 radical (unpaired) electrons. The van der Waals surface area contributed by atoms with Crippen LogP contribution in [0.4, 0.5) is 11.4 Å². The van der Waals surface area contributed by atoms with E-state index in [-0.39, 0.29) is 5.69 Å². The van der Waals surface area contributed by atoms with Gasteiger partial charge in [0.05, 0.1) is 4.92 Å². The quantitative estimate of drug-likeness (QED) is 0.502. The molecule has 0 unspecified atom stereocenters. The zero-order valence-corrected chi connectivity index (χ0v) is 9.52. The molecule has 0 aliphatic carbocycles. The van der Waals surface area contributed by atoms with E-state index in [9.17, 15) is 10.1 Å². The van der Waals surface area contributed by atoms with Crippen molar-refractivity contribution >= 4 is 23.0 Å². The van der Waals surface area contributed by atoms with Crippen LogP contribution in [0.25, 0.3) is 11.1 Å². The minimum atomic E-state index is -0.440. The maximum Gasteiger partial charge on any atom is 0.270 e. The molecule has 4 nitrogen and oxygen atoms in total. The molecular weight excluding hydrogens is 240 g/mol. The van der Waals surface area contributed by atoms with Crippen LogP contribution >= 0.6 is 11.6 Å². The normalized spacial score (nSPS) is 10.2. The third-order valence-electron chi connectivity index (χ3n) is 2.38. The molecule has 0 aliphatic heterocycles. The van der Waals surface area contributed by atoms with Crippen LogP contribution in [0.1, 0.15) is 0 Å². The van der Waals surface area contributed by atoms with E-state index in [1.54, 1.807) is 30.3 Å². The van der Waals surface area contributed by atoms with Gasteiger partial charge in [-0.3, -0.25) is 10.1 Å². The van der Waals surface area contributed by atoms with E-state index in [0.717, 1.165) is 0 Å². The number of nitrogens with two attached hydrogens (primary N) is 1. The molecule has 86 valence electrons. The van der Waals surface area contributed by atoms with Crippen molar-refractivity contribution in [3.63, 3.8) is 0 Å². The number of anilines is 1. The van der Waals surface area contributed by atoms with Gasteiger partial charge >= 0.3 is 0 Å². The molecule has 0 atom stereocenters. The molecule has 2 rings (SSSR count).